The number of halogens is 5. The monoisotopic (exact) mass is 372 g/mol. The number of hydrogen-bond acceptors (Lipinski definition) is 6. The Bertz CT molecular complexity index is 583. The van der Waals surface area contributed by atoms with Crippen LogP contribution in [0.15, 0.2) is 12.7 Å². The molecule has 0 saturated heterocycles. The van der Waals surface area contributed by atoms with Gasteiger partial charge in [-0.05, 0) is 0 Å². The second-order valence-electron chi connectivity index (χ2n) is 3.76. The average Bonchev–Trinajstić information content (AvgIpc) is 2.33. The van der Waals surface area contributed by atoms with Crippen LogP contribution in [0.2, 0.25) is 0 Å². The first-order valence-corrected chi connectivity index (χ1v) is 6.69. The van der Waals surface area contributed by atoms with Gasteiger partial charge in [0.2, 0.25) is 0 Å². The van der Waals surface area contributed by atoms with Gasteiger partial charge in [-0.15, -0.1) is 0 Å². The van der Waals surface area contributed by atoms with Crippen molar-refractivity contribution in [1.29, 1.82) is 0 Å². The van der Waals surface area contributed by atoms with Gasteiger partial charge in [0.05, 0.1) is 13.0 Å². The molecule has 0 spiro atoms. The number of esters is 1. The molecule has 0 aromatic rings. The number of carboxylic acids is 1. The summed E-state index contributed by atoms with van der Waals surface area (Å²) in [6.45, 7) is 0.871. The van der Waals surface area contributed by atoms with Gasteiger partial charge in [0.1, 0.15) is 0 Å². The van der Waals surface area contributed by atoms with Gasteiger partial charge in [0.25, 0.3) is 0 Å². The summed E-state index contributed by atoms with van der Waals surface area (Å²) in [6.07, 6.45) is -7.78. The average molecular weight is 372 g/mol. The fourth-order valence-electron chi connectivity index (χ4n) is 1.02. The quantitative estimate of drug-likeness (QED) is 0.212. The van der Waals surface area contributed by atoms with E-state index in [9.17, 15) is 40.0 Å². The summed E-state index contributed by atoms with van der Waals surface area (Å²) in [7, 11) is -5.97. The second kappa shape index (κ2) is 6.76. The Morgan fingerprint density at radius 1 is 1.17 bits per heavy atom. The third-order valence-corrected chi connectivity index (χ3v) is 3.10. The third-order valence-electron chi connectivity index (χ3n) is 2.14. The highest BCUT2D eigenvalue weighted by Crippen LogP contribution is 2.36. The van der Waals surface area contributed by atoms with Gasteiger partial charge in [0.15, 0.2) is 0 Å². The Kier molecular flexibility index (Phi) is 6.23. The summed E-state index contributed by atoms with van der Waals surface area (Å²) in [5.74, 6) is -9.46. The van der Waals surface area contributed by atoms with Gasteiger partial charge in [-0.1, -0.05) is 6.58 Å². The summed E-state index contributed by atoms with van der Waals surface area (Å²) in [6, 6.07) is 0. The standard InChI is InChI=1S/C9H9F5O8S/c1-2-5(15)22-8(6(16)17,9(12,13)14)21-4-3-7(10,11)23(18,19)20/h2H,1,3-4H2,(H,16,17)(H,18,19,20). The normalized spacial score (nSPS) is 15.6. The molecule has 1 unspecified atom stereocenters. The second-order valence-corrected chi connectivity index (χ2v) is 5.30. The number of alkyl halides is 5. The minimum absolute atomic E-state index is 0.152. The SMILES string of the molecule is C=CC(=O)OC(OCCC(F)(F)S(=O)(=O)O)(C(=O)O)C(F)(F)F. The molecule has 14 heteroatoms. The van der Waals surface area contributed by atoms with E-state index < -0.39 is 52.3 Å². The number of aliphatic carboxylic acids is 1. The molecule has 0 aliphatic heterocycles. The van der Waals surface area contributed by atoms with Crippen LogP contribution in [0, 0.1) is 0 Å². The molecule has 0 rings (SSSR count). The molecule has 0 aliphatic carbocycles. The van der Waals surface area contributed by atoms with E-state index >= 15 is 0 Å². The van der Waals surface area contributed by atoms with E-state index in [1.807, 2.05) is 0 Å². The molecule has 134 valence electrons. The van der Waals surface area contributed by atoms with Crippen LogP contribution in [-0.2, 0) is 29.2 Å². The Morgan fingerprint density at radius 2 is 1.65 bits per heavy atom. The number of ether oxygens (including phenoxy) is 2. The zero-order valence-electron chi connectivity index (χ0n) is 10.8. The van der Waals surface area contributed by atoms with Crippen molar-refractivity contribution in [3.63, 3.8) is 0 Å². The molecule has 0 radical (unpaired) electrons. The fourth-order valence-corrected chi connectivity index (χ4v) is 1.36. The Labute approximate surface area is 125 Å². The first-order valence-electron chi connectivity index (χ1n) is 5.25. The summed E-state index contributed by atoms with van der Waals surface area (Å²) in [5.41, 5.74) is 0. The van der Waals surface area contributed by atoms with Gasteiger partial charge in [-0.2, -0.15) is 30.4 Å². The van der Waals surface area contributed by atoms with E-state index in [0.29, 0.717) is 0 Å². The van der Waals surface area contributed by atoms with E-state index in [-0.39, 0.29) is 6.08 Å². The fraction of sp³-hybridized carbons (Fsp3) is 0.556. The summed E-state index contributed by atoms with van der Waals surface area (Å²) in [4.78, 5) is 21.6. The molecule has 0 aliphatic rings. The third kappa shape index (κ3) is 4.84. The first kappa shape index (κ1) is 21.2. The molecular formula is C9H9F5O8S. The van der Waals surface area contributed by atoms with E-state index in [1.54, 1.807) is 0 Å². The lowest BCUT2D eigenvalue weighted by Gasteiger charge is -2.30. The van der Waals surface area contributed by atoms with E-state index in [4.69, 9.17) is 9.66 Å². The van der Waals surface area contributed by atoms with Crippen molar-refractivity contribution in [2.45, 2.75) is 23.6 Å². The topological polar surface area (TPSA) is 127 Å². The maximum atomic E-state index is 12.9. The molecular weight excluding hydrogens is 363 g/mol. The van der Waals surface area contributed by atoms with Crippen molar-refractivity contribution in [3.05, 3.63) is 12.7 Å². The van der Waals surface area contributed by atoms with Crippen molar-refractivity contribution in [2.75, 3.05) is 6.61 Å². The molecule has 0 fully saturated rings. The minimum atomic E-state index is -5.97. The smallest absolute Gasteiger partial charge is 0.468 e. The number of rotatable bonds is 8. The van der Waals surface area contributed by atoms with Gasteiger partial charge in [-0.25, -0.2) is 9.59 Å². The molecule has 23 heavy (non-hydrogen) atoms. The summed E-state index contributed by atoms with van der Waals surface area (Å²) >= 11 is 0. The minimum Gasteiger partial charge on any atom is -0.476 e. The molecule has 0 aromatic heterocycles. The zero-order chi connectivity index (χ0) is 18.7. The van der Waals surface area contributed by atoms with E-state index in [2.05, 4.69) is 16.1 Å². The highest BCUT2D eigenvalue weighted by molar-refractivity contribution is 7.86. The number of hydrogen-bond donors (Lipinski definition) is 2. The van der Waals surface area contributed by atoms with E-state index in [1.165, 1.54) is 0 Å². The van der Waals surface area contributed by atoms with Crippen LogP contribution >= 0.6 is 0 Å². The highest BCUT2D eigenvalue weighted by Gasteiger charge is 2.67. The Hall–Kier alpha value is -1.80. The predicted octanol–water partition coefficient (Wildman–Crippen LogP) is 0.946. The van der Waals surface area contributed by atoms with Crippen LogP contribution in [0.4, 0.5) is 22.0 Å². The Morgan fingerprint density at radius 3 is 1.96 bits per heavy atom. The van der Waals surface area contributed by atoms with Gasteiger partial charge < -0.3 is 14.6 Å². The maximum Gasteiger partial charge on any atom is 0.468 e. The van der Waals surface area contributed by atoms with Crippen LogP contribution in [0.1, 0.15) is 6.42 Å². The summed E-state index contributed by atoms with van der Waals surface area (Å²) in [5, 5.41) is 3.67. The lowest BCUT2D eigenvalue weighted by atomic mass is 10.2. The highest BCUT2D eigenvalue weighted by atomic mass is 32.2. The van der Waals surface area contributed by atoms with Gasteiger partial charge >= 0.3 is 39.3 Å². The Balaban J connectivity index is 5.46. The van der Waals surface area contributed by atoms with Gasteiger partial charge in [0, 0.05) is 6.08 Å². The van der Waals surface area contributed by atoms with Crippen molar-refractivity contribution >= 4 is 22.1 Å². The lowest BCUT2D eigenvalue weighted by molar-refractivity contribution is -0.353. The van der Waals surface area contributed by atoms with Crippen molar-refractivity contribution in [1.82, 2.24) is 0 Å². The predicted molar refractivity (Wildman–Crippen MR) is 59.8 cm³/mol. The number of carbonyl (C=O) groups is 2. The number of carbonyl (C=O) groups excluding carboxylic acids is 1. The molecule has 0 heterocycles. The molecule has 0 aromatic carbocycles. The molecule has 0 bridgehead atoms. The molecule has 0 saturated carbocycles. The summed E-state index contributed by atoms with van der Waals surface area (Å²) < 4.78 is 100. The van der Waals surface area contributed by atoms with Crippen LogP contribution < -0.4 is 0 Å². The van der Waals surface area contributed by atoms with Crippen LogP contribution in [-0.4, -0.2) is 53.8 Å². The first-order chi connectivity index (χ1) is 10.1. The van der Waals surface area contributed by atoms with Crippen LogP contribution in [0.25, 0.3) is 0 Å². The maximum absolute atomic E-state index is 12.9. The number of carboxylic acid groups (broad SMARTS) is 1. The van der Waals surface area contributed by atoms with Crippen LogP contribution in [0.5, 0.6) is 0 Å². The largest absolute Gasteiger partial charge is 0.476 e. The molecule has 1 atom stereocenters. The zero-order valence-corrected chi connectivity index (χ0v) is 11.7. The van der Waals surface area contributed by atoms with Crippen molar-refractivity contribution in [3.8, 4) is 0 Å². The van der Waals surface area contributed by atoms with Crippen LogP contribution in [0.3, 0.4) is 0 Å². The van der Waals surface area contributed by atoms with Crippen molar-refractivity contribution < 1.29 is 59.1 Å². The molecule has 8 nitrogen and oxygen atoms in total. The molecule has 0 amide bonds. The van der Waals surface area contributed by atoms with Gasteiger partial charge in [-0.3, -0.25) is 4.55 Å². The van der Waals surface area contributed by atoms with E-state index in [0.717, 1.165) is 0 Å². The van der Waals surface area contributed by atoms with Crippen molar-refractivity contribution in [2.24, 2.45) is 0 Å². The lowest BCUT2D eigenvalue weighted by Crippen LogP contribution is -2.57. The molecule has 2 N–H and O–H groups in total.